The molecule has 1 aromatic carbocycles. The van der Waals surface area contributed by atoms with Gasteiger partial charge in [0.25, 0.3) is 0 Å². The molecule has 0 heterocycles. The fraction of sp³-hybridized carbons (Fsp3) is 0.500. The van der Waals surface area contributed by atoms with Crippen molar-refractivity contribution in [3.05, 3.63) is 24.3 Å². The summed E-state index contributed by atoms with van der Waals surface area (Å²) in [6.45, 7) is 2.15. The van der Waals surface area contributed by atoms with Crippen molar-refractivity contribution in [2.24, 2.45) is 0 Å². The van der Waals surface area contributed by atoms with Gasteiger partial charge in [-0.1, -0.05) is 19.1 Å². The zero-order valence-corrected chi connectivity index (χ0v) is 14.0. The molecule has 2 N–H and O–H groups in total. The van der Waals surface area contributed by atoms with Gasteiger partial charge in [-0.2, -0.15) is 0 Å². The maximum atomic E-state index is 12.2. The summed E-state index contributed by atoms with van der Waals surface area (Å²) in [4.78, 5) is 0.121. The smallest absolute Gasteiger partial charge is 0.244 e. The summed E-state index contributed by atoms with van der Waals surface area (Å²) >= 11 is 0. The first-order valence-corrected chi connectivity index (χ1v) is 9.52. The van der Waals surface area contributed by atoms with Crippen LogP contribution in [-0.2, 0) is 20.0 Å². The van der Waals surface area contributed by atoms with Crippen LogP contribution in [0.5, 0.6) is 0 Å². The molecule has 0 fully saturated rings. The fourth-order valence-electron chi connectivity index (χ4n) is 1.65. The Bertz CT molecular complexity index is 669. The molecule has 0 aliphatic heterocycles. The number of sulfonamides is 2. The van der Waals surface area contributed by atoms with Crippen molar-refractivity contribution in [2.45, 2.75) is 11.8 Å². The highest BCUT2D eigenvalue weighted by atomic mass is 32.2. The van der Waals surface area contributed by atoms with Gasteiger partial charge in [0.15, 0.2) is 0 Å². The third kappa shape index (κ3) is 4.95. The average Bonchev–Trinajstić information content (AvgIpc) is 2.38. The van der Waals surface area contributed by atoms with Crippen molar-refractivity contribution in [1.29, 1.82) is 0 Å². The Labute approximate surface area is 126 Å². The molecule has 0 unspecified atom stereocenters. The number of hydrogen-bond acceptors (Lipinski definition) is 5. The Morgan fingerprint density at radius 1 is 1.10 bits per heavy atom. The molecule has 1 aromatic rings. The molecule has 0 aliphatic rings. The molecule has 9 heteroatoms. The summed E-state index contributed by atoms with van der Waals surface area (Å²) in [5, 5.41) is 2.86. The van der Waals surface area contributed by atoms with Gasteiger partial charge in [0, 0.05) is 27.2 Å². The lowest BCUT2D eigenvalue weighted by Crippen LogP contribution is -2.29. The highest BCUT2D eigenvalue weighted by Gasteiger charge is 2.20. The van der Waals surface area contributed by atoms with Gasteiger partial charge < -0.3 is 5.32 Å². The van der Waals surface area contributed by atoms with Gasteiger partial charge in [0.1, 0.15) is 4.90 Å². The van der Waals surface area contributed by atoms with Crippen LogP contribution < -0.4 is 10.0 Å². The second-order valence-corrected chi connectivity index (χ2v) is 8.57. The second-order valence-electron chi connectivity index (χ2n) is 4.53. The summed E-state index contributed by atoms with van der Waals surface area (Å²) < 4.78 is 50.9. The van der Waals surface area contributed by atoms with E-state index in [9.17, 15) is 16.8 Å². The lowest BCUT2D eigenvalue weighted by atomic mass is 10.3. The summed E-state index contributed by atoms with van der Waals surface area (Å²) in [6.07, 6.45) is 0. The van der Waals surface area contributed by atoms with E-state index in [1.54, 1.807) is 25.1 Å². The van der Waals surface area contributed by atoms with Crippen molar-refractivity contribution in [1.82, 2.24) is 9.03 Å². The highest BCUT2D eigenvalue weighted by Crippen LogP contribution is 2.22. The zero-order chi connectivity index (χ0) is 16.1. The van der Waals surface area contributed by atoms with Gasteiger partial charge >= 0.3 is 0 Å². The van der Waals surface area contributed by atoms with Crippen LogP contribution in [0.2, 0.25) is 0 Å². The Kier molecular flexibility index (Phi) is 6.14. The van der Waals surface area contributed by atoms with Crippen LogP contribution in [0.15, 0.2) is 29.2 Å². The molecular formula is C12H21N3O4S2. The van der Waals surface area contributed by atoms with Crippen LogP contribution in [-0.4, -0.2) is 54.1 Å². The molecule has 120 valence electrons. The van der Waals surface area contributed by atoms with Gasteiger partial charge in [-0.25, -0.2) is 25.9 Å². The van der Waals surface area contributed by atoms with Crippen LogP contribution in [0.3, 0.4) is 0 Å². The van der Waals surface area contributed by atoms with Crippen molar-refractivity contribution >= 4 is 25.7 Å². The van der Waals surface area contributed by atoms with Crippen LogP contribution in [0.25, 0.3) is 0 Å². The van der Waals surface area contributed by atoms with Gasteiger partial charge in [0.05, 0.1) is 11.4 Å². The third-order valence-corrected chi connectivity index (χ3v) is 6.04. The number of anilines is 1. The van der Waals surface area contributed by atoms with Crippen molar-refractivity contribution in [3.8, 4) is 0 Å². The molecule has 0 amide bonds. The standard InChI is InChI=1S/C12H21N3O4S2/c1-4-14-20(16,17)10-9-13-11-7-5-6-8-12(11)21(18,19)15(2)3/h5-8,13-14H,4,9-10H2,1-3H3. The Morgan fingerprint density at radius 2 is 1.71 bits per heavy atom. The summed E-state index contributed by atoms with van der Waals surface area (Å²) in [5.41, 5.74) is 0.387. The quantitative estimate of drug-likeness (QED) is 0.712. The van der Waals surface area contributed by atoms with Crippen molar-refractivity contribution in [3.63, 3.8) is 0 Å². The number of nitrogens with zero attached hydrogens (tertiary/aromatic N) is 1. The van der Waals surface area contributed by atoms with Crippen LogP contribution >= 0.6 is 0 Å². The van der Waals surface area contributed by atoms with E-state index in [1.165, 1.54) is 20.2 Å². The molecule has 0 saturated carbocycles. The maximum absolute atomic E-state index is 12.2. The van der Waals surface area contributed by atoms with Crippen LogP contribution in [0.1, 0.15) is 6.92 Å². The monoisotopic (exact) mass is 335 g/mol. The molecule has 0 spiro atoms. The zero-order valence-electron chi connectivity index (χ0n) is 12.3. The first-order valence-electron chi connectivity index (χ1n) is 6.43. The number of nitrogens with one attached hydrogen (secondary N) is 2. The Morgan fingerprint density at radius 3 is 2.29 bits per heavy atom. The minimum absolute atomic E-state index is 0.120. The molecule has 0 aromatic heterocycles. The summed E-state index contributed by atoms with van der Waals surface area (Å²) in [5.74, 6) is -0.128. The van der Waals surface area contributed by atoms with Gasteiger partial charge in [0.2, 0.25) is 20.0 Å². The minimum atomic E-state index is -3.58. The van der Waals surface area contributed by atoms with E-state index in [-0.39, 0.29) is 17.2 Å². The lowest BCUT2D eigenvalue weighted by Gasteiger charge is -2.16. The molecule has 0 bridgehead atoms. The first kappa shape index (κ1) is 17.9. The molecule has 0 saturated heterocycles. The SMILES string of the molecule is CCNS(=O)(=O)CCNc1ccccc1S(=O)(=O)N(C)C. The molecule has 21 heavy (non-hydrogen) atoms. The fourth-order valence-corrected chi connectivity index (χ4v) is 3.66. The van der Waals surface area contributed by atoms with Gasteiger partial charge in [-0.15, -0.1) is 0 Å². The number of hydrogen-bond donors (Lipinski definition) is 2. The third-order valence-electron chi connectivity index (χ3n) is 2.70. The number of para-hydroxylation sites is 1. The predicted molar refractivity (Wildman–Crippen MR) is 83.3 cm³/mol. The predicted octanol–water partition coefficient (Wildman–Crippen LogP) is 0.288. The first-order chi connectivity index (χ1) is 9.70. The molecule has 0 atom stereocenters. The average molecular weight is 335 g/mol. The van der Waals surface area contributed by atoms with Crippen molar-refractivity contribution < 1.29 is 16.8 Å². The maximum Gasteiger partial charge on any atom is 0.244 e. The largest absolute Gasteiger partial charge is 0.383 e. The molecule has 0 aliphatic carbocycles. The highest BCUT2D eigenvalue weighted by molar-refractivity contribution is 7.89. The second kappa shape index (κ2) is 7.21. The summed E-state index contributed by atoms with van der Waals surface area (Å²) in [6, 6.07) is 6.40. The van der Waals surface area contributed by atoms with E-state index in [0.29, 0.717) is 12.2 Å². The van der Waals surface area contributed by atoms with E-state index in [2.05, 4.69) is 10.0 Å². The van der Waals surface area contributed by atoms with E-state index in [0.717, 1.165) is 4.31 Å². The number of rotatable bonds is 8. The van der Waals surface area contributed by atoms with Crippen LogP contribution in [0.4, 0.5) is 5.69 Å². The minimum Gasteiger partial charge on any atom is -0.383 e. The summed E-state index contributed by atoms with van der Waals surface area (Å²) in [7, 11) is -4.02. The Hall–Kier alpha value is -1.16. The lowest BCUT2D eigenvalue weighted by molar-refractivity contribution is 0.521. The molecular weight excluding hydrogens is 314 g/mol. The normalized spacial score (nSPS) is 12.6. The number of benzene rings is 1. The van der Waals surface area contributed by atoms with Crippen molar-refractivity contribution in [2.75, 3.05) is 38.3 Å². The van der Waals surface area contributed by atoms with E-state index >= 15 is 0 Å². The van der Waals surface area contributed by atoms with E-state index in [1.807, 2.05) is 0 Å². The van der Waals surface area contributed by atoms with Gasteiger partial charge in [-0.05, 0) is 12.1 Å². The van der Waals surface area contributed by atoms with E-state index in [4.69, 9.17) is 0 Å². The Balaban J connectivity index is 2.87. The molecule has 1 rings (SSSR count). The molecule has 7 nitrogen and oxygen atoms in total. The molecule has 0 radical (unpaired) electrons. The van der Waals surface area contributed by atoms with Crippen LogP contribution in [0, 0.1) is 0 Å². The van der Waals surface area contributed by atoms with Gasteiger partial charge in [-0.3, -0.25) is 0 Å². The topological polar surface area (TPSA) is 95.6 Å². The van der Waals surface area contributed by atoms with E-state index < -0.39 is 20.0 Å².